The Hall–Kier alpha value is -2.61. The van der Waals surface area contributed by atoms with Crippen LogP contribution in [0.25, 0.3) is 11.1 Å². The van der Waals surface area contributed by atoms with Crippen LogP contribution in [0.4, 0.5) is 10.5 Å². The first-order chi connectivity index (χ1) is 13.7. The first-order valence-corrected chi connectivity index (χ1v) is 10.0. The molecule has 1 atom stereocenters. The number of nitrogens with zero attached hydrogens (tertiary/aromatic N) is 3. The van der Waals surface area contributed by atoms with Crippen molar-refractivity contribution in [1.82, 2.24) is 14.8 Å². The Kier molecular flexibility index (Phi) is 4.43. The number of hydrogen-bond acceptors (Lipinski definition) is 5. The normalized spacial score (nSPS) is 22.6. The van der Waals surface area contributed by atoms with Crippen LogP contribution in [-0.4, -0.2) is 65.6 Å². The molecule has 28 heavy (non-hydrogen) atoms. The summed E-state index contributed by atoms with van der Waals surface area (Å²) in [7, 11) is 0. The van der Waals surface area contributed by atoms with E-state index in [-0.39, 0.29) is 18.0 Å². The summed E-state index contributed by atoms with van der Waals surface area (Å²) in [4.78, 5) is 33.1. The minimum atomic E-state index is -0.296. The fourth-order valence-corrected chi connectivity index (χ4v) is 3.84. The Labute approximate surface area is 162 Å². The molecule has 3 fully saturated rings. The van der Waals surface area contributed by atoms with Gasteiger partial charge in [-0.3, -0.25) is 4.79 Å². The molecule has 2 aliphatic heterocycles. The molecule has 3 heterocycles. The molecule has 8 nitrogen and oxygen atoms in total. The van der Waals surface area contributed by atoms with Gasteiger partial charge in [-0.05, 0) is 43.9 Å². The van der Waals surface area contributed by atoms with Gasteiger partial charge >= 0.3 is 6.03 Å². The molecule has 1 N–H and O–H groups in total. The van der Waals surface area contributed by atoms with Crippen molar-refractivity contribution in [3.05, 3.63) is 24.1 Å². The summed E-state index contributed by atoms with van der Waals surface area (Å²) in [5.41, 5.74) is 2.22. The molecular weight excluding hydrogens is 360 g/mol. The van der Waals surface area contributed by atoms with Crippen LogP contribution in [-0.2, 0) is 9.53 Å². The summed E-state index contributed by atoms with van der Waals surface area (Å²) in [6, 6.07) is 5.37. The van der Waals surface area contributed by atoms with E-state index in [1.165, 1.54) is 0 Å². The molecule has 0 radical (unpaired) electrons. The van der Waals surface area contributed by atoms with Crippen molar-refractivity contribution in [2.75, 3.05) is 38.1 Å². The maximum Gasteiger partial charge on any atom is 0.321 e. The fraction of sp³-hybridized carbons (Fsp3) is 0.550. The molecule has 1 aliphatic carbocycles. The first-order valence-electron chi connectivity index (χ1n) is 10.0. The lowest BCUT2D eigenvalue weighted by Gasteiger charge is -2.35. The number of ether oxygens (including phenoxy) is 1. The Bertz CT molecular complexity index is 893. The van der Waals surface area contributed by atoms with Gasteiger partial charge < -0.3 is 24.3 Å². The van der Waals surface area contributed by atoms with Crippen molar-refractivity contribution in [3.63, 3.8) is 0 Å². The maximum atomic E-state index is 12.6. The van der Waals surface area contributed by atoms with Gasteiger partial charge in [0.25, 0.3) is 5.91 Å². The molecule has 1 aromatic heterocycles. The number of anilines is 1. The van der Waals surface area contributed by atoms with Gasteiger partial charge in [0.1, 0.15) is 11.6 Å². The van der Waals surface area contributed by atoms with Gasteiger partial charge in [-0.15, -0.1) is 0 Å². The van der Waals surface area contributed by atoms with Crippen molar-refractivity contribution in [1.29, 1.82) is 0 Å². The van der Waals surface area contributed by atoms with E-state index >= 15 is 0 Å². The third kappa shape index (κ3) is 3.44. The average molecular weight is 384 g/mol. The molecule has 8 heteroatoms. The number of rotatable bonds is 3. The predicted octanol–water partition coefficient (Wildman–Crippen LogP) is 2.56. The van der Waals surface area contributed by atoms with Crippen LogP contribution in [0.1, 0.15) is 37.5 Å². The molecule has 1 unspecified atom stereocenters. The molecule has 0 bridgehead atoms. The van der Waals surface area contributed by atoms with E-state index in [4.69, 9.17) is 9.15 Å². The van der Waals surface area contributed by atoms with Crippen LogP contribution in [0.15, 0.2) is 22.6 Å². The second-order valence-electron chi connectivity index (χ2n) is 7.75. The molecule has 148 valence electrons. The third-order valence-corrected chi connectivity index (χ3v) is 5.67. The molecule has 1 saturated carbocycles. The van der Waals surface area contributed by atoms with E-state index < -0.39 is 0 Å². The summed E-state index contributed by atoms with van der Waals surface area (Å²) in [6.07, 6.45) is 3.72. The third-order valence-electron chi connectivity index (χ3n) is 5.67. The highest BCUT2D eigenvalue weighted by Crippen LogP contribution is 2.40. The van der Waals surface area contributed by atoms with E-state index in [0.29, 0.717) is 44.4 Å². The molecule has 2 saturated heterocycles. The van der Waals surface area contributed by atoms with Gasteiger partial charge in [-0.25, -0.2) is 9.78 Å². The van der Waals surface area contributed by atoms with Gasteiger partial charge in [-0.1, -0.05) is 0 Å². The molecule has 1 aromatic carbocycles. The SMILES string of the molecule is O=C(Nc1ccc2oc(C3CC3)nc2c1)N1CCN(C(=O)C2CCCO2)CC1. The van der Waals surface area contributed by atoms with Crippen LogP contribution < -0.4 is 5.32 Å². The number of carbonyl (C=O) groups excluding carboxylic acids is 2. The van der Waals surface area contributed by atoms with Crippen molar-refractivity contribution in [3.8, 4) is 0 Å². The van der Waals surface area contributed by atoms with E-state index in [1.54, 1.807) is 9.80 Å². The van der Waals surface area contributed by atoms with Crippen molar-refractivity contribution < 1.29 is 18.7 Å². The maximum absolute atomic E-state index is 12.6. The number of fused-ring (bicyclic) bond motifs is 1. The number of benzene rings is 1. The fourth-order valence-electron chi connectivity index (χ4n) is 3.84. The number of oxazole rings is 1. The zero-order valence-electron chi connectivity index (χ0n) is 15.7. The van der Waals surface area contributed by atoms with E-state index in [2.05, 4.69) is 10.3 Å². The number of hydrogen-bond donors (Lipinski definition) is 1. The lowest BCUT2D eigenvalue weighted by atomic mass is 10.2. The van der Waals surface area contributed by atoms with Gasteiger partial charge in [0.2, 0.25) is 0 Å². The van der Waals surface area contributed by atoms with E-state index in [1.807, 2.05) is 18.2 Å². The Morgan fingerprint density at radius 1 is 1.07 bits per heavy atom. The molecule has 0 spiro atoms. The van der Waals surface area contributed by atoms with Gasteiger partial charge in [0, 0.05) is 44.4 Å². The van der Waals surface area contributed by atoms with Gasteiger partial charge in [0.15, 0.2) is 11.5 Å². The zero-order valence-corrected chi connectivity index (χ0v) is 15.7. The highest BCUT2D eigenvalue weighted by Gasteiger charge is 2.31. The minimum absolute atomic E-state index is 0.0560. The summed E-state index contributed by atoms with van der Waals surface area (Å²) in [5.74, 6) is 1.31. The molecule has 5 rings (SSSR count). The number of urea groups is 1. The minimum Gasteiger partial charge on any atom is -0.440 e. The van der Waals surface area contributed by atoms with Crippen LogP contribution in [0, 0.1) is 0 Å². The van der Waals surface area contributed by atoms with Crippen LogP contribution >= 0.6 is 0 Å². The smallest absolute Gasteiger partial charge is 0.321 e. The second kappa shape index (κ2) is 7.09. The molecule has 2 aromatic rings. The topological polar surface area (TPSA) is 87.9 Å². The number of aromatic nitrogens is 1. The van der Waals surface area contributed by atoms with Crippen molar-refractivity contribution in [2.24, 2.45) is 0 Å². The quantitative estimate of drug-likeness (QED) is 0.879. The second-order valence-corrected chi connectivity index (χ2v) is 7.75. The summed E-state index contributed by atoms with van der Waals surface area (Å²) in [6.45, 7) is 2.78. The summed E-state index contributed by atoms with van der Waals surface area (Å²) < 4.78 is 11.2. The number of amides is 3. The van der Waals surface area contributed by atoms with Gasteiger partial charge in [-0.2, -0.15) is 0 Å². The highest BCUT2D eigenvalue weighted by molar-refractivity contribution is 5.92. The molecular formula is C20H24N4O4. The average Bonchev–Trinajstić information content (AvgIpc) is 3.25. The number of piperazine rings is 1. The highest BCUT2D eigenvalue weighted by atomic mass is 16.5. The largest absolute Gasteiger partial charge is 0.440 e. The van der Waals surface area contributed by atoms with Gasteiger partial charge in [0.05, 0.1) is 0 Å². The van der Waals surface area contributed by atoms with E-state index in [0.717, 1.165) is 42.7 Å². The van der Waals surface area contributed by atoms with Crippen LogP contribution in [0.5, 0.6) is 0 Å². The van der Waals surface area contributed by atoms with E-state index in [9.17, 15) is 9.59 Å². The Morgan fingerprint density at radius 2 is 1.86 bits per heavy atom. The summed E-state index contributed by atoms with van der Waals surface area (Å²) in [5, 5.41) is 2.93. The van der Waals surface area contributed by atoms with Crippen molar-refractivity contribution >= 4 is 28.7 Å². The summed E-state index contributed by atoms with van der Waals surface area (Å²) >= 11 is 0. The zero-order chi connectivity index (χ0) is 19.1. The monoisotopic (exact) mass is 384 g/mol. The molecule has 3 aliphatic rings. The first kappa shape index (κ1) is 17.5. The molecule has 3 amide bonds. The van der Waals surface area contributed by atoms with Crippen LogP contribution in [0.3, 0.4) is 0 Å². The predicted molar refractivity (Wildman–Crippen MR) is 102 cm³/mol. The Morgan fingerprint density at radius 3 is 2.57 bits per heavy atom. The number of carbonyl (C=O) groups is 2. The standard InChI is InChI=1S/C20H24N4O4/c25-19(17-2-1-11-27-17)23-7-9-24(10-8-23)20(26)21-14-5-6-16-15(12-14)22-18(28-16)13-3-4-13/h5-6,12-13,17H,1-4,7-11H2,(H,21,26). The number of nitrogens with one attached hydrogen (secondary N) is 1. The van der Waals surface area contributed by atoms with Crippen LogP contribution in [0.2, 0.25) is 0 Å². The lowest BCUT2D eigenvalue weighted by molar-refractivity contribution is -0.142. The Balaban J connectivity index is 1.18. The van der Waals surface area contributed by atoms with Crippen molar-refractivity contribution in [2.45, 2.75) is 37.7 Å². The lowest BCUT2D eigenvalue weighted by Crippen LogP contribution is -2.53.